The zero-order valence-corrected chi connectivity index (χ0v) is 7.69. The molecule has 10 heavy (non-hydrogen) atoms. The van der Waals surface area contributed by atoms with E-state index in [0.717, 1.165) is 5.92 Å². The molecule has 2 unspecified atom stereocenters. The standard InChI is InChI=1S/C10H21/c1-5-7-10(6-2)8-9(3)4/h9-10H,3,5-8H2,1-2,4H3. The van der Waals surface area contributed by atoms with Crippen LogP contribution in [-0.2, 0) is 0 Å². The smallest absolute Gasteiger partial charge is 0.0414 e. The van der Waals surface area contributed by atoms with Gasteiger partial charge in [-0.2, -0.15) is 0 Å². The van der Waals surface area contributed by atoms with Gasteiger partial charge < -0.3 is 0 Å². The van der Waals surface area contributed by atoms with Crippen LogP contribution in [0.3, 0.4) is 0 Å². The lowest BCUT2D eigenvalue weighted by atomic mass is 9.91. The highest BCUT2D eigenvalue weighted by Crippen LogP contribution is 2.19. The molecule has 0 aliphatic carbocycles. The third-order valence-electron chi connectivity index (χ3n) is 2.01. The third kappa shape index (κ3) is 4.84. The molecule has 61 valence electrons. The van der Waals surface area contributed by atoms with Gasteiger partial charge in [-0.15, -0.1) is 0 Å². The second-order valence-corrected chi connectivity index (χ2v) is 3.40. The van der Waals surface area contributed by atoms with Crippen LogP contribution in [0.15, 0.2) is 0 Å². The first kappa shape index (κ1) is 10.0. The quantitative estimate of drug-likeness (QED) is 0.548. The monoisotopic (exact) mass is 141 g/mol. The Labute approximate surface area is 66.0 Å². The first-order valence-corrected chi connectivity index (χ1v) is 4.53. The summed E-state index contributed by atoms with van der Waals surface area (Å²) in [5.74, 6) is 1.56. The van der Waals surface area contributed by atoms with E-state index in [-0.39, 0.29) is 0 Å². The Morgan fingerprint density at radius 2 is 1.90 bits per heavy atom. The lowest BCUT2D eigenvalue weighted by molar-refractivity contribution is 0.389. The van der Waals surface area contributed by atoms with E-state index in [1.807, 2.05) is 0 Å². The van der Waals surface area contributed by atoms with Gasteiger partial charge in [-0.25, -0.2) is 0 Å². The molecular formula is C10H21. The summed E-state index contributed by atoms with van der Waals surface area (Å²) in [5, 5.41) is 0. The molecule has 0 heteroatoms. The Morgan fingerprint density at radius 3 is 2.20 bits per heavy atom. The average molecular weight is 141 g/mol. The van der Waals surface area contributed by atoms with Crippen LogP contribution in [0, 0.1) is 18.8 Å². The molecule has 0 saturated heterocycles. The lowest BCUT2D eigenvalue weighted by Crippen LogP contribution is -2.02. The molecule has 0 saturated carbocycles. The normalized spacial score (nSPS) is 14.1. The van der Waals surface area contributed by atoms with E-state index in [9.17, 15) is 0 Å². The van der Waals surface area contributed by atoms with Gasteiger partial charge in [0, 0.05) is 0 Å². The second-order valence-electron chi connectivity index (χ2n) is 3.40. The molecule has 0 rings (SSSR count). The predicted octanol–water partition coefficient (Wildman–Crippen LogP) is 3.67. The maximum absolute atomic E-state index is 4.01. The van der Waals surface area contributed by atoms with Gasteiger partial charge in [0.2, 0.25) is 0 Å². The van der Waals surface area contributed by atoms with Crippen molar-refractivity contribution in [3.05, 3.63) is 6.92 Å². The van der Waals surface area contributed by atoms with Gasteiger partial charge in [-0.3, -0.25) is 0 Å². The van der Waals surface area contributed by atoms with Crippen molar-refractivity contribution in [1.82, 2.24) is 0 Å². The summed E-state index contributed by atoms with van der Waals surface area (Å²) in [7, 11) is 0. The minimum absolute atomic E-state index is 0.636. The van der Waals surface area contributed by atoms with Crippen molar-refractivity contribution in [2.24, 2.45) is 11.8 Å². The van der Waals surface area contributed by atoms with Crippen LogP contribution in [0.4, 0.5) is 0 Å². The summed E-state index contributed by atoms with van der Waals surface area (Å²) in [6.07, 6.45) is 5.35. The van der Waals surface area contributed by atoms with Crippen molar-refractivity contribution >= 4 is 0 Å². The van der Waals surface area contributed by atoms with Crippen LogP contribution in [0.2, 0.25) is 0 Å². The molecular weight excluding hydrogens is 120 g/mol. The molecule has 2 atom stereocenters. The van der Waals surface area contributed by atoms with Gasteiger partial charge in [0.25, 0.3) is 0 Å². The molecule has 0 fully saturated rings. The van der Waals surface area contributed by atoms with Crippen molar-refractivity contribution in [3.63, 3.8) is 0 Å². The largest absolute Gasteiger partial charge is 0.0654 e. The van der Waals surface area contributed by atoms with Crippen LogP contribution in [0.5, 0.6) is 0 Å². The first-order valence-electron chi connectivity index (χ1n) is 4.53. The van der Waals surface area contributed by atoms with Crippen LogP contribution in [-0.4, -0.2) is 0 Å². The molecule has 1 radical (unpaired) electrons. The van der Waals surface area contributed by atoms with E-state index in [0.29, 0.717) is 5.92 Å². The van der Waals surface area contributed by atoms with E-state index >= 15 is 0 Å². The van der Waals surface area contributed by atoms with Crippen molar-refractivity contribution < 1.29 is 0 Å². The third-order valence-corrected chi connectivity index (χ3v) is 2.01. The maximum Gasteiger partial charge on any atom is -0.0414 e. The summed E-state index contributed by atoms with van der Waals surface area (Å²) in [6, 6.07) is 0. The highest BCUT2D eigenvalue weighted by Gasteiger charge is 2.06. The van der Waals surface area contributed by atoms with E-state index in [1.165, 1.54) is 25.7 Å². The Kier molecular flexibility index (Phi) is 5.76. The van der Waals surface area contributed by atoms with Crippen molar-refractivity contribution in [1.29, 1.82) is 0 Å². The van der Waals surface area contributed by atoms with Gasteiger partial charge in [0.15, 0.2) is 0 Å². The molecule has 0 N–H and O–H groups in total. The molecule has 0 nitrogen and oxygen atoms in total. The molecule has 0 aromatic heterocycles. The zero-order valence-electron chi connectivity index (χ0n) is 7.69. The molecule has 0 aromatic rings. The highest BCUT2D eigenvalue weighted by atomic mass is 14.1. The molecule has 0 amide bonds. The maximum atomic E-state index is 4.01. The van der Waals surface area contributed by atoms with Crippen LogP contribution >= 0.6 is 0 Å². The van der Waals surface area contributed by atoms with Crippen molar-refractivity contribution in [2.75, 3.05) is 0 Å². The summed E-state index contributed by atoms with van der Waals surface area (Å²) in [5.41, 5.74) is 0. The fraction of sp³-hybridized carbons (Fsp3) is 0.900. The SMILES string of the molecule is [CH2]C(C)CC(CC)CCC. The topological polar surface area (TPSA) is 0 Å². The minimum Gasteiger partial charge on any atom is -0.0654 e. The van der Waals surface area contributed by atoms with E-state index in [2.05, 4.69) is 27.7 Å². The fourth-order valence-corrected chi connectivity index (χ4v) is 1.47. The number of hydrogen-bond donors (Lipinski definition) is 0. The second kappa shape index (κ2) is 5.76. The Balaban J connectivity index is 3.39. The molecule has 0 heterocycles. The molecule has 0 bridgehead atoms. The van der Waals surface area contributed by atoms with E-state index < -0.39 is 0 Å². The molecule has 0 aliphatic heterocycles. The van der Waals surface area contributed by atoms with Gasteiger partial charge in [0.1, 0.15) is 0 Å². The highest BCUT2D eigenvalue weighted by molar-refractivity contribution is 4.62. The predicted molar refractivity (Wildman–Crippen MR) is 47.8 cm³/mol. The van der Waals surface area contributed by atoms with E-state index in [4.69, 9.17) is 0 Å². The summed E-state index contributed by atoms with van der Waals surface area (Å²) >= 11 is 0. The Bertz CT molecular complexity index is 64.4. The van der Waals surface area contributed by atoms with Crippen LogP contribution < -0.4 is 0 Å². The van der Waals surface area contributed by atoms with E-state index in [1.54, 1.807) is 0 Å². The Morgan fingerprint density at radius 1 is 1.30 bits per heavy atom. The molecule has 0 spiro atoms. The first-order chi connectivity index (χ1) is 4.70. The zero-order chi connectivity index (χ0) is 7.98. The van der Waals surface area contributed by atoms with Crippen LogP contribution in [0.1, 0.15) is 46.5 Å². The average Bonchev–Trinajstić information content (AvgIpc) is 1.86. The molecule has 0 aromatic carbocycles. The number of rotatable bonds is 5. The number of hydrogen-bond acceptors (Lipinski definition) is 0. The van der Waals surface area contributed by atoms with Gasteiger partial charge in [0.05, 0.1) is 0 Å². The van der Waals surface area contributed by atoms with Gasteiger partial charge in [-0.05, 0) is 18.3 Å². The van der Waals surface area contributed by atoms with Crippen molar-refractivity contribution in [2.45, 2.75) is 46.5 Å². The fourth-order valence-electron chi connectivity index (χ4n) is 1.47. The summed E-state index contributed by atoms with van der Waals surface area (Å²) in [6.45, 7) is 10.8. The summed E-state index contributed by atoms with van der Waals surface area (Å²) < 4.78 is 0. The van der Waals surface area contributed by atoms with Crippen LogP contribution in [0.25, 0.3) is 0 Å². The Hall–Kier alpha value is 0. The minimum atomic E-state index is 0.636. The molecule has 0 aliphatic rings. The van der Waals surface area contributed by atoms with Gasteiger partial charge >= 0.3 is 0 Å². The lowest BCUT2D eigenvalue weighted by Gasteiger charge is -2.15. The summed E-state index contributed by atoms with van der Waals surface area (Å²) in [4.78, 5) is 0. The van der Waals surface area contributed by atoms with Crippen molar-refractivity contribution in [3.8, 4) is 0 Å². The van der Waals surface area contributed by atoms with Gasteiger partial charge in [-0.1, -0.05) is 47.0 Å².